The molecule has 0 spiro atoms. The lowest BCUT2D eigenvalue weighted by molar-refractivity contribution is 0.0600. The van der Waals surface area contributed by atoms with E-state index in [0.29, 0.717) is 22.7 Å². The van der Waals surface area contributed by atoms with Crippen LogP contribution in [-0.4, -0.2) is 30.4 Å². The number of carbonyl (C=O) groups excluding carboxylic acids is 1. The summed E-state index contributed by atoms with van der Waals surface area (Å²) in [5, 5.41) is 16.5. The van der Waals surface area contributed by atoms with E-state index in [0.717, 1.165) is 5.56 Å². The highest BCUT2D eigenvalue weighted by Gasteiger charge is 2.35. The van der Waals surface area contributed by atoms with E-state index in [1.807, 2.05) is 0 Å². The number of rotatable bonds is 4. The van der Waals surface area contributed by atoms with E-state index < -0.39 is 11.9 Å². The van der Waals surface area contributed by atoms with Crippen molar-refractivity contribution in [2.45, 2.75) is 12.5 Å². The molecular weight excluding hydrogens is 324 g/mol. The van der Waals surface area contributed by atoms with Crippen molar-refractivity contribution in [3.05, 3.63) is 58.1 Å². The minimum absolute atomic E-state index is 0.00695. The third kappa shape index (κ3) is 2.81. The van der Waals surface area contributed by atoms with Crippen molar-refractivity contribution in [3.8, 4) is 11.9 Å². The Bertz CT molecular complexity index is 877. The fourth-order valence-electron chi connectivity index (χ4n) is 2.83. The van der Waals surface area contributed by atoms with Crippen LogP contribution in [0, 0.1) is 11.3 Å². The number of esters is 1. The predicted octanol–water partition coefficient (Wildman–Crippen LogP) is 1.56. The summed E-state index contributed by atoms with van der Waals surface area (Å²) in [5.74, 6) is -0.583. The molecule has 8 heteroatoms. The Morgan fingerprint density at radius 2 is 2.12 bits per heavy atom. The van der Waals surface area contributed by atoms with Gasteiger partial charge in [-0.1, -0.05) is 12.1 Å². The number of nitrogens with one attached hydrogen (secondary N) is 1. The number of aromatic nitrogens is 2. The Labute approximate surface area is 143 Å². The third-order valence-electron chi connectivity index (χ3n) is 3.97. The van der Waals surface area contributed by atoms with Crippen LogP contribution in [0.5, 0.6) is 5.88 Å². The highest BCUT2D eigenvalue weighted by atomic mass is 16.5. The van der Waals surface area contributed by atoms with Crippen LogP contribution in [0.25, 0.3) is 0 Å². The molecule has 8 nitrogen and oxygen atoms in total. The van der Waals surface area contributed by atoms with E-state index in [-0.39, 0.29) is 18.1 Å². The van der Waals surface area contributed by atoms with Gasteiger partial charge < -0.3 is 19.9 Å². The van der Waals surface area contributed by atoms with Crippen LogP contribution in [0.2, 0.25) is 0 Å². The van der Waals surface area contributed by atoms with Crippen molar-refractivity contribution in [2.24, 2.45) is 5.73 Å². The van der Waals surface area contributed by atoms with Crippen molar-refractivity contribution < 1.29 is 19.0 Å². The molecule has 1 aromatic carbocycles. The van der Waals surface area contributed by atoms with Crippen molar-refractivity contribution in [2.75, 3.05) is 14.2 Å². The number of fused-ring (bicyclic) bond motifs is 1. The van der Waals surface area contributed by atoms with Gasteiger partial charge >= 0.3 is 5.97 Å². The normalized spacial score (nSPS) is 16.0. The highest BCUT2D eigenvalue weighted by Crippen LogP contribution is 2.42. The van der Waals surface area contributed by atoms with E-state index in [2.05, 4.69) is 16.3 Å². The number of methoxy groups -OCH3 is 2. The number of nitrogens with two attached hydrogens (primary N) is 1. The van der Waals surface area contributed by atoms with Gasteiger partial charge in [-0.15, -0.1) is 5.10 Å². The number of ether oxygens (including phenoxy) is 3. The molecule has 0 aliphatic carbocycles. The first kappa shape index (κ1) is 16.5. The standard InChI is InChI=1S/C17H16N4O4/c1-23-8-12-14-13(9-3-5-10(6-4-9)17(22)24-2)11(7-18)15(19)25-16(14)21-20-12/h3-6,13H,8,19H2,1-2H3,(H,20,21)/t13-/m0/s1. The Morgan fingerprint density at radius 1 is 1.40 bits per heavy atom. The molecule has 128 valence electrons. The Morgan fingerprint density at radius 3 is 2.72 bits per heavy atom. The Kier molecular flexibility index (Phi) is 4.41. The van der Waals surface area contributed by atoms with E-state index in [1.165, 1.54) is 7.11 Å². The second kappa shape index (κ2) is 6.67. The van der Waals surface area contributed by atoms with Gasteiger partial charge in [-0.05, 0) is 17.7 Å². The third-order valence-corrected chi connectivity index (χ3v) is 3.97. The van der Waals surface area contributed by atoms with Crippen LogP contribution < -0.4 is 10.5 Å². The average Bonchev–Trinajstić information content (AvgIpc) is 3.02. The first-order valence-corrected chi connectivity index (χ1v) is 7.42. The SMILES string of the molecule is COCc1[nH]nc2c1[C@@H](c1ccc(C(=O)OC)cc1)C(C#N)=C(N)O2. The second-order valence-electron chi connectivity index (χ2n) is 5.39. The number of benzene rings is 1. The van der Waals surface area contributed by atoms with Crippen molar-refractivity contribution in [3.63, 3.8) is 0 Å². The van der Waals surface area contributed by atoms with Crippen LogP contribution in [0.4, 0.5) is 0 Å². The maximum atomic E-state index is 11.6. The van der Waals surface area contributed by atoms with Gasteiger partial charge in [0.15, 0.2) is 0 Å². The molecule has 1 atom stereocenters. The fraction of sp³-hybridized carbons (Fsp3) is 0.235. The largest absolute Gasteiger partial charge is 0.465 e. The number of hydrogen-bond acceptors (Lipinski definition) is 7. The average molecular weight is 340 g/mol. The van der Waals surface area contributed by atoms with Gasteiger partial charge in [0.2, 0.25) is 11.8 Å². The van der Waals surface area contributed by atoms with Gasteiger partial charge in [0.1, 0.15) is 11.6 Å². The molecule has 0 bridgehead atoms. The van der Waals surface area contributed by atoms with E-state index in [4.69, 9.17) is 19.9 Å². The topological polar surface area (TPSA) is 123 Å². The zero-order valence-corrected chi connectivity index (χ0v) is 13.7. The lowest BCUT2D eigenvalue weighted by Crippen LogP contribution is -2.21. The first-order valence-electron chi connectivity index (χ1n) is 7.42. The van der Waals surface area contributed by atoms with Gasteiger partial charge in [-0.25, -0.2) is 4.79 Å². The predicted molar refractivity (Wildman–Crippen MR) is 86.4 cm³/mol. The maximum Gasteiger partial charge on any atom is 0.337 e. The lowest BCUT2D eigenvalue weighted by atomic mass is 9.84. The number of nitriles is 1. The molecule has 3 rings (SSSR count). The molecule has 0 amide bonds. The Hall–Kier alpha value is -3.31. The molecule has 1 aromatic heterocycles. The van der Waals surface area contributed by atoms with Gasteiger partial charge in [-0.3, -0.25) is 5.10 Å². The number of H-pyrrole nitrogens is 1. The summed E-state index contributed by atoms with van der Waals surface area (Å²) >= 11 is 0. The minimum atomic E-state index is -0.468. The molecule has 1 aliphatic rings. The molecule has 0 fully saturated rings. The number of hydrogen-bond donors (Lipinski definition) is 2. The summed E-state index contributed by atoms with van der Waals surface area (Å²) in [6.45, 7) is 0.279. The number of allylic oxidation sites excluding steroid dienone is 1. The highest BCUT2D eigenvalue weighted by molar-refractivity contribution is 5.89. The van der Waals surface area contributed by atoms with Crippen molar-refractivity contribution in [1.82, 2.24) is 10.2 Å². The molecule has 2 heterocycles. The van der Waals surface area contributed by atoms with Crippen molar-refractivity contribution in [1.29, 1.82) is 5.26 Å². The van der Waals surface area contributed by atoms with Crippen LogP contribution in [0.1, 0.15) is 33.1 Å². The quantitative estimate of drug-likeness (QED) is 0.809. The molecule has 0 radical (unpaired) electrons. The molecule has 3 N–H and O–H groups in total. The molecule has 25 heavy (non-hydrogen) atoms. The minimum Gasteiger partial charge on any atom is -0.465 e. The second-order valence-corrected chi connectivity index (χ2v) is 5.39. The summed E-state index contributed by atoms with van der Waals surface area (Å²) < 4.78 is 15.3. The monoisotopic (exact) mass is 340 g/mol. The first-order chi connectivity index (χ1) is 12.1. The number of aromatic amines is 1. The summed E-state index contributed by atoms with van der Waals surface area (Å²) in [6.07, 6.45) is 0. The molecule has 0 saturated heterocycles. The number of carbonyl (C=O) groups is 1. The van der Waals surface area contributed by atoms with Crippen molar-refractivity contribution >= 4 is 5.97 Å². The molecule has 0 unspecified atom stereocenters. The molecule has 2 aromatic rings. The summed E-state index contributed by atoms with van der Waals surface area (Å²) in [5.41, 5.74) is 8.74. The molecule has 0 saturated carbocycles. The van der Waals surface area contributed by atoms with Gasteiger partial charge in [0.25, 0.3) is 0 Å². The zero-order chi connectivity index (χ0) is 18.0. The van der Waals surface area contributed by atoms with Gasteiger partial charge in [0, 0.05) is 7.11 Å². The number of nitrogens with zero attached hydrogens (tertiary/aromatic N) is 2. The zero-order valence-electron chi connectivity index (χ0n) is 13.7. The Balaban J connectivity index is 2.11. The van der Waals surface area contributed by atoms with E-state index in [9.17, 15) is 10.1 Å². The van der Waals surface area contributed by atoms with Crippen LogP contribution in [0.3, 0.4) is 0 Å². The summed E-state index contributed by atoms with van der Waals surface area (Å²) in [4.78, 5) is 11.6. The van der Waals surface area contributed by atoms with Crippen LogP contribution in [-0.2, 0) is 16.1 Å². The molecule has 1 aliphatic heterocycles. The van der Waals surface area contributed by atoms with Gasteiger partial charge in [-0.2, -0.15) is 5.26 Å². The summed E-state index contributed by atoms with van der Waals surface area (Å²) in [7, 11) is 2.88. The smallest absolute Gasteiger partial charge is 0.337 e. The summed E-state index contributed by atoms with van der Waals surface area (Å²) in [6, 6.07) is 8.88. The van der Waals surface area contributed by atoms with E-state index >= 15 is 0 Å². The van der Waals surface area contributed by atoms with E-state index in [1.54, 1.807) is 31.4 Å². The fourth-order valence-corrected chi connectivity index (χ4v) is 2.83. The lowest BCUT2D eigenvalue weighted by Gasteiger charge is -2.24. The maximum absolute atomic E-state index is 11.6. The molecular formula is C17H16N4O4. The van der Waals surface area contributed by atoms with Gasteiger partial charge in [0.05, 0.1) is 36.5 Å². The van der Waals surface area contributed by atoms with Crippen LogP contribution >= 0.6 is 0 Å². The van der Waals surface area contributed by atoms with Crippen LogP contribution in [0.15, 0.2) is 35.7 Å².